The maximum absolute atomic E-state index is 11.2. The highest BCUT2D eigenvalue weighted by Gasteiger charge is 2.39. The van der Waals surface area contributed by atoms with Crippen molar-refractivity contribution in [2.24, 2.45) is 5.92 Å². The minimum atomic E-state index is -0.764. The van der Waals surface area contributed by atoms with Gasteiger partial charge in [0.1, 0.15) is 5.25 Å². The first kappa shape index (κ1) is 16.3. The molecule has 21 heavy (non-hydrogen) atoms. The number of carboxylic acids is 1. The number of benzene rings is 1. The molecule has 0 saturated carbocycles. The number of hydrogen-bond donors (Lipinski definition) is 1. The summed E-state index contributed by atoms with van der Waals surface area (Å²) in [6.45, 7) is 6.24. The molecule has 0 aromatic heterocycles. The van der Waals surface area contributed by atoms with E-state index in [1.165, 1.54) is 11.8 Å². The number of ether oxygens (including phenoxy) is 2. The van der Waals surface area contributed by atoms with Crippen molar-refractivity contribution in [3.63, 3.8) is 0 Å². The van der Waals surface area contributed by atoms with Crippen LogP contribution in [0.4, 0.5) is 0 Å². The molecular formula is C16H22O4S. The van der Waals surface area contributed by atoms with Crippen LogP contribution >= 0.6 is 11.8 Å². The predicted molar refractivity (Wildman–Crippen MR) is 83.3 cm³/mol. The van der Waals surface area contributed by atoms with Crippen LogP contribution in [-0.4, -0.2) is 34.8 Å². The molecule has 1 aromatic rings. The van der Waals surface area contributed by atoms with E-state index < -0.39 is 17.0 Å². The van der Waals surface area contributed by atoms with Gasteiger partial charge in [-0.05, 0) is 12.8 Å². The van der Waals surface area contributed by atoms with E-state index in [2.05, 4.69) is 0 Å². The van der Waals surface area contributed by atoms with Gasteiger partial charge in [0, 0.05) is 11.3 Å². The van der Waals surface area contributed by atoms with Gasteiger partial charge in [-0.2, -0.15) is 0 Å². The van der Waals surface area contributed by atoms with Gasteiger partial charge in [0.2, 0.25) is 0 Å². The Hall–Kier alpha value is -1.04. The van der Waals surface area contributed by atoms with Crippen LogP contribution in [0.5, 0.6) is 0 Å². The first-order chi connectivity index (χ1) is 9.92. The standard InChI is InChI=1S/C16H22O4S/c1-11(2)14(15(17)18)21-10-13-9-19-16(3,20-13)12-7-5-4-6-8-12/h4-8,11,13-14H,9-10H2,1-3H3,(H,17,18). The summed E-state index contributed by atoms with van der Waals surface area (Å²) >= 11 is 1.43. The molecule has 3 atom stereocenters. The van der Waals surface area contributed by atoms with E-state index in [0.29, 0.717) is 12.4 Å². The van der Waals surface area contributed by atoms with Gasteiger partial charge in [-0.1, -0.05) is 44.2 Å². The van der Waals surface area contributed by atoms with Gasteiger partial charge in [-0.3, -0.25) is 4.79 Å². The van der Waals surface area contributed by atoms with Gasteiger partial charge in [0.25, 0.3) is 0 Å². The third kappa shape index (κ3) is 3.99. The third-order valence-electron chi connectivity index (χ3n) is 3.54. The zero-order valence-electron chi connectivity index (χ0n) is 12.6. The van der Waals surface area contributed by atoms with Gasteiger partial charge in [-0.15, -0.1) is 11.8 Å². The van der Waals surface area contributed by atoms with Crippen molar-refractivity contribution in [3.05, 3.63) is 35.9 Å². The highest BCUT2D eigenvalue weighted by atomic mass is 32.2. The second-order valence-electron chi connectivity index (χ2n) is 5.70. The number of aliphatic carboxylic acids is 1. The lowest BCUT2D eigenvalue weighted by molar-refractivity contribution is -0.159. The Balaban J connectivity index is 1.92. The molecular weight excluding hydrogens is 288 g/mol. The van der Waals surface area contributed by atoms with Gasteiger partial charge >= 0.3 is 5.97 Å². The van der Waals surface area contributed by atoms with Crippen LogP contribution in [0.1, 0.15) is 26.3 Å². The zero-order chi connectivity index (χ0) is 15.5. The average Bonchev–Trinajstić information content (AvgIpc) is 2.82. The number of thioether (sulfide) groups is 1. The van der Waals surface area contributed by atoms with E-state index in [1.807, 2.05) is 51.1 Å². The lowest BCUT2D eigenvalue weighted by Gasteiger charge is -2.24. The fourth-order valence-electron chi connectivity index (χ4n) is 2.37. The maximum atomic E-state index is 11.2. The van der Waals surface area contributed by atoms with E-state index in [9.17, 15) is 9.90 Å². The molecule has 0 amide bonds. The summed E-state index contributed by atoms with van der Waals surface area (Å²) < 4.78 is 11.8. The summed E-state index contributed by atoms with van der Waals surface area (Å²) in [4.78, 5) is 11.2. The molecule has 1 fully saturated rings. The molecule has 0 radical (unpaired) electrons. The van der Waals surface area contributed by atoms with E-state index in [1.54, 1.807) is 0 Å². The lowest BCUT2D eigenvalue weighted by atomic mass is 10.1. The van der Waals surface area contributed by atoms with Crippen LogP contribution in [-0.2, 0) is 20.1 Å². The van der Waals surface area contributed by atoms with Crippen molar-refractivity contribution < 1.29 is 19.4 Å². The van der Waals surface area contributed by atoms with Gasteiger partial charge in [0.05, 0.1) is 12.7 Å². The summed E-state index contributed by atoms with van der Waals surface area (Å²) in [6, 6.07) is 9.81. The Morgan fingerprint density at radius 1 is 1.43 bits per heavy atom. The summed E-state index contributed by atoms with van der Waals surface area (Å²) in [6.07, 6.45) is -0.0826. The molecule has 116 valence electrons. The van der Waals surface area contributed by atoms with E-state index in [-0.39, 0.29) is 12.0 Å². The van der Waals surface area contributed by atoms with Crippen molar-refractivity contribution in [2.45, 2.75) is 37.9 Å². The maximum Gasteiger partial charge on any atom is 0.316 e. The fourth-order valence-corrected chi connectivity index (χ4v) is 3.49. The van der Waals surface area contributed by atoms with Crippen LogP contribution in [0, 0.1) is 5.92 Å². The first-order valence-electron chi connectivity index (χ1n) is 7.14. The molecule has 0 bridgehead atoms. The zero-order valence-corrected chi connectivity index (χ0v) is 13.4. The van der Waals surface area contributed by atoms with Crippen LogP contribution < -0.4 is 0 Å². The number of carbonyl (C=O) groups is 1. The second-order valence-corrected chi connectivity index (χ2v) is 6.87. The number of rotatable bonds is 6. The summed E-state index contributed by atoms with van der Waals surface area (Å²) in [5, 5.41) is 8.80. The molecule has 0 aliphatic carbocycles. The highest BCUT2D eigenvalue weighted by molar-refractivity contribution is 8.00. The van der Waals surface area contributed by atoms with Crippen molar-refractivity contribution in [1.29, 1.82) is 0 Å². The monoisotopic (exact) mass is 310 g/mol. The van der Waals surface area contributed by atoms with Crippen LogP contribution in [0.15, 0.2) is 30.3 Å². The van der Waals surface area contributed by atoms with E-state index >= 15 is 0 Å². The topological polar surface area (TPSA) is 55.8 Å². The second kappa shape index (κ2) is 6.81. The lowest BCUT2D eigenvalue weighted by Crippen LogP contribution is -2.27. The quantitative estimate of drug-likeness (QED) is 0.875. The largest absolute Gasteiger partial charge is 0.480 e. The summed E-state index contributed by atoms with van der Waals surface area (Å²) in [5.41, 5.74) is 0.983. The third-order valence-corrected chi connectivity index (χ3v) is 5.21. The van der Waals surface area contributed by atoms with E-state index in [4.69, 9.17) is 9.47 Å². The molecule has 1 aromatic carbocycles. The van der Waals surface area contributed by atoms with Crippen molar-refractivity contribution in [3.8, 4) is 0 Å². The molecule has 1 aliphatic rings. The molecule has 1 N–H and O–H groups in total. The van der Waals surface area contributed by atoms with Gasteiger partial charge < -0.3 is 14.6 Å². The van der Waals surface area contributed by atoms with Crippen LogP contribution in [0.2, 0.25) is 0 Å². The SMILES string of the molecule is CC(C)C(SCC1COC(C)(c2ccccc2)O1)C(=O)O. The molecule has 1 heterocycles. The Labute approximate surface area is 129 Å². The van der Waals surface area contributed by atoms with Crippen LogP contribution in [0.25, 0.3) is 0 Å². The Morgan fingerprint density at radius 3 is 2.67 bits per heavy atom. The van der Waals surface area contributed by atoms with Crippen molar-refractivity contribution in [1.82, 2.24) is 0 Å². The van der Waals surface area contributed by atoms with Crippen molar-refractivity contribution in [2.75, 3.05) is 12.4 Å². The average molecular weight is 310 g/mol. The van der Waals surface area contributed by atoms with Crippen LogP contribution in [0.3, 0.4) is 0 Å². The Bertz CT molecular complexity index is 476. The molecule has 3 unspecified atom stereocenters. The minimum Gasteiger partial charge on any atom is -0.480 e. The molecule has 5 heteroatoms. The number of carboxylic acid groups (broad SMARTS) is 1. The predicted octanol–water partition coefficient (Wildman–Crippen LogP) is 3.12. The molecule has 1 saturated heterocycles. The normalized spacial score (nSPS) is 27.0. The fraction of sp³-hybridized carbons (Fsp3) is 0.562. The van der Waals surface area contributed by atoms with Gasteiger partial charge in [-0.25, -0.2) is 0 Å². The highest BCUT2D eigenvalue weighted by Crippen LogP contribution is 2.35. The van der Waals surface area contributed by atoms with E-state index in [0.717, 1.165) is 5.56 Å². The number of hydrogen-bond acceptors (Lipinski definition) is 4. The Kier molecular flexibility index (Phi) is 5.30. The molecule has 1 aliphatic heterocycles. The van der Waals surface area contributed by atoms with Crippen molar-refractivity contribution >= 4 is 17.7 Å². The summed E-state index contributed by atoms with van der Waals surface area (Å²) in [7, 11) is 0. The first-order valence-corrected chi connectivity index (χ1v) is 8.19. The smallest absolute Gasteiger partial charge is 0.316 e. The molecule has 4 nitrogen and oxygen atoms in total. The molecule has 0 spiro atoms. The molecule has 2 rings (SSSR count). The summed E-state index contributed by atoms with van der Waals surface area (Å²) in [5.74, 6) is -0.782. The Morgan fingerprint density at radius 2 is 2.10 bits per heavy atom. The van der Waals surface area contributed by atoms with Gasteiger partial charge in [0.15, 0.2) is 5.79 Å². The minimum absolute atomic E-state index is 0.0826.